The largest absolute Gasteiger partial charge is 0.449 e. The highest BCUT2D eigenvalue weighted by molar-refractivity contribution is 6.74. The van der Waals surface area contributed by atoms with Gasteiger partial charge in [-0.15, -0.1) is 0 Å². The van der Waals surface area contributed by atoms with Gasteiger partial charge in [0.25, 0.3) is 0 Å². The third-order valence-corrected chi connectivity index (χ3v) is 12.2. The maximum atomic E-state index is 13.1. The molecule has 1 aliphatic carbocycles. The molecule has 0 saturated carbocycles. The second kappa shape index (κ2) is 11.0. The summed E-state index contributed by atoms with van der Waals surface area (Å²) < 4.78 is 12.2. The predicted octanol–water partition coefficient (Wildman–Crippen LogP) is 6.73. The van der Waals surface area contributed by atoms with Crippen LogP contribution in [0.5, 0.6) is 0 Å². The van der Waals surface area contributed by atoms with Crippen LogP contribution < -0.4 is 5.32 Å². The monoisotopic (exact) mass is 515 g/mol. The number of benzene rings is 3. The summed E-state index contributed by atoms with van der Waals surface area (Å²) in [7, 11) is -2.26. The lowest BCUT2D eigenvalue weighted by molar-refractivity contribution is -0.115. The van der Waals surface area contributed by atoms with Crippen molar-refractivity contribution in [2.45, 2.75) is 63.4 Å². The van der Waals surface area contributed by atoms with E-state index in [0.717, 1.165) is 23.0 Å². The van der Waals surface area contributed by atoms with Gasteiger partial charge in [-0.05, 0) is 52.4 Å². The molecule has 1 amide bonds. The summed E-state index contributed by atoms with van der Waals surface area (Å²) in [4.78, 5) is 25.4. The average molecular weight is 516 g/mol. The fourth-order valence-corrected chi connectivity index (χ4v) is 5.88. The summed E-state index contributed by atoms with van der Waals surface area (Å²) in [5.41, 5.74) is 5.68. The zero-order valence-electron chi connectivity index (χ0n) is 22.4. The number of amides is 1. The summed E-state index contributed by atoms with van der Waals surface area (Å²) in [6.07, 6.45) is -0.0453. The van der Waals surface area contributed by atoms with E-state index in [9.17, 15) is 9.59 Å². The van der Waals surface area contributed by atoms with Gasteiger partial charge >= 0.3 is 6.09 Å². The Balaban J connectivity index is 1.50. The molecule has 6 heteroatoms. The molecule has 1 aliphatic rings. The highest BCUT2D eigenvalue weighted by atomic mass is 28.4. The Morgan fingerprint density at radius 3 is 2.00 bits per heavy atom. The molecule has 0 radical (unpaired) electrons. The second-order valence-electron chi connectivity index (χ2n) is 11.2. The average Bonchev–Trinajstić information content (AvgIpc) is 3.19. The Hall–Kier alpha value is -3.22. The molecule has 0 aliphatic heterocycles. The summed E-state index contributed by atoms with van der Waals surface area (Å²) >= 11 is 0. The molecule has 3 aromatic rings. The Morgan fingerprint density at radius 1 is 0.919 bits per heavy atom. The molecule has 5 nitrogen and oxygen atoms in total. The molecule has 194 valence electrons. The van der Waals surface area contributed by atoms with Gasteiger partial charge in [0, 0.05) is 5.92 Å². The van der Waals surface area contributed by atoms with Gasteiger partial charge in [0.05, 0.1) is 6.04 Å². The van der Waals surface area contributed by atoms with Crippen molar-refractivity contribution in [3.8, 4) is 11.1 Å². The third-order valence-electron chi connectivity index (χ3n) is 7.71. The Morgan fingerprint density at radius 2 is 1.46 bits per heavy atom. The van der Waals surface area contributed by atoms with Gasteiger partial charge in [-0.3, -0.25) is 0 Å². The van der Waals surface area contributed by atoms with Crippen molar-refractivity contribution < 1.29 is 18.8 Å². The number of hydrogen-bond acceptors (Lipinski definition) is 4. The molecule has 4 rings (SSSR count). The van der Waals surface area contributed by atoms with Crippen LogP contribution in [-0.2, 0) is 20.4 Å². The SMILES string of the molecule is CC(C)(C)[Si](C)(C)OC(C=O)C(Cc1ccccc1)NC(=O)OCC1c2ccccc2-c2ccccc21. The molecule has 2 unspecified atom stereocenters. The quantitative estimate of drug-likeness (QED) is 0.254. The molecule has 2 atom stereocenters. The zero-order chi connectivity index (χ0) is 26.6. The van der Waals surface area contributed by atoms with Gasteiger partial charge in [-0.25, -0.2) is 4.79 Å². The van der Waals surface area contributed by atoms with E-state index in [1.54, 1.807) is 0 Å². The van der Waals surface area contributed by atoms with Crippen LogP contribution in [0.2, 0.25) is 18.1 Å². The van der Waals surface area contributed by atoms with Crippen LogP contribution in [0.4, 0.5) is 4.79 Å². The van der Waals surface area contributed by atoms with Crippen molar-refractivity contribution in [2.75, 3.05) is 6.61 Å². The number of ether oxygens (including phenoxy) is 1. The maximum Gasteiger partial charge on any atom is 0.407 e. The van der Waals surface area contributed by atoms with Crippen LogP contribution in [0.3, 0.4) is 0 Å². The molecular weight excluding hydrogens is 478 g/mol. The van der Waals surface area contributed by atoms with Crippen molar-refractivity contribution in [1.29, 1.82) is 0 Å². The van der Waals surface area contributed by atoms with Crippen LogP contribution >= 0.6 is 0 Å². The first-order valence-corrected chi connectivity index (χ1v) is 15.8. The fourth-order valence-electron chi connectivity index (χ4n) is 4.63. The summed E-state index contributed by atoms with van der Waals surface area (Å²) in [6.45, 7) is 10.8. The molecule has 0 aromatic heterocycles. The van der Waals surface area contributed by atoms with Crippen molar-refractivity contribution >= 4 is 20.7 Å². The van der Waals surface area contributed by atoms with E-state index in [1.165, 1.54) is 11.1 Å². The number of carbonyl (C=O) groups is 2. The van der Waals surface area contributed by atoms with Crippen molar-refractivity contribution in [3.63, 3.8) is 0 Å². The van der Waals surface area contributed by atoms with E-state index in [1.807, 2.05) is 54.6 Å². The molecule has 0 heterocycles. The zero-order valence-corrected chi connectivity index (χ0v) is 23.4. The number of alkyl carbamates (subject to hydrolysis) is 1. The van der Waals surface area contributed by atoms with Gasteiger partial charge < -0.3 is 19.3 Å². The number of aldehydes is 1. The van der Waals surface area contributed by atoms with Crippen LogP contribution in [0.25, 0.3) is 11.1 Å². The highest BCUT2D eigenvalue weighted by Gasteiger charge is 2.41. The number of rotatable bonds is 9. The minimum absolute atomic E-state index is 0.0314. The first-order valence-electron chi connectivity index (χ1n) is 12.9. The minimum Gasteiger partial charge on any atom is -0.449 e. The van der Waals surface area contributed by atoms with Gasteiger partial charge in [-0.2, -0.15) is 0 Å². The number of carbonyl (C=O) groups excluding carboxylic acids is 2. The summed E-state index contributed by atoms with van der Waals surface area (Å²) in [5, 5.41) is 2.89. The lowest BCUT2D eigenvalue weighted by Gasteiger charge is -2.39. The molecule has 37 heavy (non-hydrogen) atoms. The Kier molecular flexibility index (Phi) is 8.00. The third kappa shape index (κ3) is 6.03. The lowest BCUT2D eigenvalue weighted by Crippen LogP contribution is -2.53. The van der Waals surface area contributed by atoms with Crippen molar-refractivity contribution in [2.24, 2.45) is 0 Å². The van der Waals surface area contributed by atoms with E-state index in [-0.39, 0.29) is 17.6 Å². The first-order chi connectivity index (χ1) is 17.6. The maximum absolute atomic E-state index is 13.1. The normalized spacial score (nSPS) is 14.8. The van der Waals surface area contributed by atoms with Crippen LogP contribution in [-0.4, -0.2) is 39.4 Å². The number of nitrogens with one attached hydrogen (secondary N) is 1. The predicted molar refractivity (Wildman–Crippen MR) is 150 cm³/mol. The second-order valence-corrected chi connectivity index (χ2v) is 16.0. The van der Waals surface area contributed by atoms with Crippen LogP contribution in [0, 0.1) is 0 Å². The van der Waals surface area contributed by atoms with Crippen molar-refractivity contribution in [1.82, 2.24) is 5.32 Å². The van der Waals surface area contributed by atoms with E-state index in [4.69, 9.17) is 9.16 Å². The highest BCUT2D eigenvalue weighted by Crippen LogP contribution is 2.44. The number of fused-ring (bicyclic) bond motifs is 3. The van der Waals surface area contributed by atoms with E-state index in [2.05, 4.69) is 63.4 Å². The molecule has 0 bridgehead atoms. The Bertz CT molecular complexity index is 1190. The van der Waals surface area contributed by atoms with Gasteiger partial charge in [-0.1, -0.05) is 99.6 Å². The lowest BCUT2D eigenvalue weighted by atomic mass is 9.98. The Labute approximate surface area is 221 Å². The van der Waals surface area contributed by atoms with E-state index < -0.39 is 26.6 Å². The van der Waals surface area contributed by atoms with Gasteiger partial charge in [0.1, 0.15) is 19.0 Å². The van der Waals surface area contributed by atoms with E-state index >= 15 is 0 Å². The molecule has 1 N–H and O–H groups in total. The first kappa shape index (κ1) is 26.8. The van der Waals surface area contributed by atoms with Crippen molar-refractivity contribution in [3.05, 3.63) is 95.6 Å². The van der Waals surface area contributed by atoms with E-state index in [0.29, 0.717) is 6.42 Å². The van der Waals surface area contributed by atoms with Crippen LogP contribution in [0.15, 0.2) is 78.9 Å². The molecule has 0 spiro atoms. The smallest absolute Gasteiger partial charge is 0.407 e. The molecule has 0 fully saturated rings. The summed E-state index contributed by atoms with van der Waals surface area (Å²) in [5.74, 6) is -0.0314. The van der Waals surface area contributed by atoms with Crippen LogP contribution in [0.1, 0.15) is 43.4 Å². The molecule has 3 aromatic carbocycles. The molecular formula is C31H37NO4Si. The van der Waals surface area contributed by atoms with Gasteiger partial charge in [0.15, 0.2) is 8.32 Å². The number of hydrogen-bond donors (Lipinski definition) is 1. The minimum atomic E-state index is -2.26. The fraction of sp³-hybridized carbons (Fsp3) is 0.355. The summed E-state index contributed by atoms with van der Waals surface area (Å²) in [6, 6.07) is 25.8. The van der Waals surface area contributed by atoms with Gasteiger partial charge in [0.2, 0.25) is 0 Å². The topological polar surface area (TPSA) is 64.6 Å². The standard InChI is InChI=1S/C31H37NO4Si/c1-31(2,3)37(4,5)36-29(20-33)28(19-22-13-7-6-8-14-22)32-30(34)35-21-27-25-17-11-9-15-23(25)24-16-10-12-18-26(24)27/h6-18,20,27-29H,19,21H2,1-5H3,(H,32,34). The molecule has 0 saturated heterocycles.